The van der Waals surface area contributed by atoms with Crippen LogP contribution in [-0.2, 0) is 11.2 Å². The Labute approximate surface area is 203 Å². The van der Waals surface area contributed by atoms with Gasteiger partial charge in [-0.25, -0.2) is 18.7 Å². The average Bonchev–Trinajstić information content (AvgIpc) is 3.39. The third-order valence-electron chi connectivity index (χ3n) is 5.74. The molecule has 2 aromatic heterocycles. The van der Waals surface area contributed by atoms with Crippen LogP contribution in [0.4, 0.5) is 15.0 Å². The summed E-state index contributed by atoms with van der Waals surface area (Å²) in [5.74, 6) is 0.883. The molecule has 10 heteroatoms. The number of nitrogens with zero attached hydrogens (tertiary/aromatic N) is 4. The molecule has 0 radical (unpaired) electrons. The second kappa shape index (κ2) is 9.52. The van der Waals surface area contributed by atoms with E-state index in [4.69, 9.17) is 14.5 Å². The number of rotatable bonds is 7. The minimum atomic E-state index is -0.594. The first kappa shape index (κ1) is 24.4. The molecule has 0 saturated carbocycles. The smallest absolute Gasteiger partial charge is 0.407 e. The molecule has 0 spiro atoms. The van der Waals surface area contributed by atoms with Crippen LogP contribution in [0, 0.1) is 5.82 Å². The van der Waals surface area contributed by atoms with Gasteiger partial charge in [-0.05, 0) is 59.2 Å². The number of aromatic nitrogens is 3. The van der Waals surface area contributed by atoms with E-state index in [9.17, 15) is 14.0 Å². The van der Waals surface area contributed by atoms with Crippen LogP contribution in [-0.4, -0.2) is 51.8 Å². The van der Waals surface area contributed by atoms with Crippen LogP contribution >= 0.6 is 0 Å². The molecule has 9 nitrogen and oxygen atoms in total. The number of carbonyl (C=O) groups is 2. The Morgan fingerprint density at radius 3 is 2.80 bits per heavy atom. The lowest BCUT2D eigenvalue weighted by molar-refractivity contribution is 0.0504. The van der Waals surface area contributed by atoms with Crippen LogP contribution in [0.1, 0.15) is 62.1 Å². The van der Waals surface area contributed by atoms with E-state index in [1.165, 1.54) is 18.3 Å². The first-order chi connectivity index (χ1) is 16.6. The van der Waals surface area contributed by atoms with Crippen molar-refractivity contribution in [3.8, 4) is 5.75 Å². The van der Waals surface area contributed by atoms with Crippen LogP contribution in [0.25, 0.3) is 5.65 Å². The fraction of sp³-hybridized carbons (Fsp3) is 0.440. The molecule has 0 unspecified atom stereocenters. The first-order valence-corrected chi connectivity index (χ1v) is 11.6. The number of fused-ring (bicyclic) bond motifs is 2. The topological polar surface area (TPSA) is 98.1 Å². The molecule has 1 aliphatic heterocycles. The third kappa shape index (κ3) is 5.36. The summed E-state index contributed by atoms with van der Waals surface area (Å²) in [4.78, 5) is 30.1. The third-order valence-corrected chi connectivity index (χ3v) is 5.74. The van der Waals surface area contributed by atoms with Crippen molar-refractivity contribution in [2.75, 3.05) is 18.0 Å². The van der Waals surface area contributed by atoms with E-state index in [-0.39, 0.29) is 24.5 Å². The molecule has 3 heterocycles. The zero-order chi connectivity index (χ0) is 25.3. The maximum atomic E-state index is 14.3. The molecule has 186 valence electrons. The highest BCUT2D eigenvalue weighted by atomic mass is 19.1. The van der Waals surface area contributed by atoms with Gasteiger partial charge in [0.1, 0.15) is 29.1 Å². The van der Waals surface area contributed by atoms with Crippen molar-refractivity contribution < 1.29 is 23.5 Å². The molecule has 0 aliphatic carbocycles. The largest absolute Gasteiger partial charge is 0.489 e. The summed E-state index contributed by atoms with van der Waals surface area (Å²) < 4.78 is 27.3. The minimum Gasteiger partial charge on any atom is -0.489 e. The van der Waals surface area contributed by atoms with E-state index in [2.05, 4.69) is 15.3 Å². The van der Waals surface area contributed by atoms with Crippen molar-refractivity contribution in [1.29, 1.82) is 0 Å². The van der Waals surface area contributed by atoms with Crippen molar-refractivity contribution >= 4 is 23.8 Å². The zero-order valence-electron chi connectivity index (χ0n) is 20.5. The van der Waals surface area contributed by atoms with Gasteiger partial charge in [0.25, 0.3) is 0 Å². The lowest BCUT2D eigenvalue weighted by atomic mass is 10.1. The molecule has 1 N–H and O–H groups in total. The minimum absolute atomic E-state index is 0.224. The van der Waals surface area contributed by atoms with Crippen LogP contribution in [0.3, 0.4) is 0 Å². The second-order valence-electron chi connectivity index (χ2n) is 9.69. The fourth-order valence-corrected chi connectivity index (χ4v) is 4.11. The number of nitrogens with one attached hydrogen (secondary N) is 1. The van der Waals surface area contributed by atoms with Gasteiger partial charge in [-0.1, -0.05) is 0 Å². The van der Waals surface area contributed by atoms with E-state index in [0.29, 0.717) is 29.1 Å². The molecular weight excluding hydrogens is 453 g/mol. The molecule has 0 bridgehead atoms. The van der Waals surface area contributed by atoms with Gasteiger partial charge in [0.05, 0.1) is 24.3 Å². The highest BCUT2D eigenvalue weighted by Crippen LogP contribution is 2.37. The SMILES string of the molecule is C[C@H](c1cc(F)ccc1O[C@@H](C)CNC(=O)OC(C)(C)C)N1CCc2cn3ncc(C=O)c3nc21. The monoisotopic (exact) mass is 483 g/mol. The number of aldehydes is 1. The highest BCUT2D eigenvalue weighted by Gasteiger charge is 2.29. The molecule has 2 atom stereocenters. The number of benzene rings is 1. The Kier molecular flexibility index (Phi) is 6.64. The Morgan fingerprint density at radius 2 is 2.09 bits per heavy atom. The number of carbonyl (C=O) groups excluding carboxylic acids is 2. The first-order valence-electron chi connectivity index (χ1n) is 11.6. The van der Waals surface area contributed by atoms with Gasteiger partial charge < -0.3 is 19.7 Å². The molecule has 1 aromatic carbocycles. The second-order valence-corrected chi connectivity index (χ2v) is 9.69. The van der Waals surface area contributed by atoms with Gasteiger partial charge in [0, 0.05) is 23.9 Å². The summed E-state index contributed by atoms with van der Waals surface area (Å²) in [7, 11) is 0. The summed E-state index contributed by atoms with van der Waals surface area (Å²) in [6.07, 6.45) is 3.94. The van der Waals surface area contributed by atoms with Gasteiger partial charge in [-0.2, -0.15) is 5.10 Å². The fourth-order valence-electron chi connectivity index (χ4n) is 4.11. The molecule has 1 aliphatic rings. The number of amides is 1. The van der Waals surface area contributed by atoms with Gasteiger partial charge in [0.2, 0.25) is 0 Å². The zero-order valence-corrected chi connectivity index (χ0v) is 20.5. The quantitative estimate of drug-likeness (QED) is 0.505. The van der Waals surface area contributed by atoms with Gasteiger partial charge >= 0.3 is 6.09 Å². The van der Waals surface area contributed by atoms with Gasteiger partial charge in [-0.15, -0.1) is 0 Å². The predicted molar refractivity (Wildman–Crippen MR) is 129 cm³/mol. The van der Waals surface area contributed by atoms with Crippen LogP contribution < -0.4 is 15.0 Å². The van der Waals surface area contributed by atoms with Crippen molar-refractivity contribution in [2.45, 2.75) is 58.8 Å². The standard InChI is InChI=1S/C25H30FN5O4/c1-15(11-27-24(33)35-25(3,4)5)34-21-7-6-19(26)10-20(21)16(2)30-9-8-17-13-31-23(29-22(17)30)18(14-32)12-28-31/h6-7,10,12-16H,8-9,11H2,1-5H3,(H,27,33)/t15-,16+/m0/s1. The summed E-state index contributed by atoms with van der Waals surface area (Å²) in [5, 5.41) is 6.89. The van der Waals surface area contributed by atoms with E-state index in [1.54, 1.807) is 31.4 Å². The summed E-state index contributed by atoms with van der Waals surface area (Å²) >= 11 is 0. The van der Waals surface area contributed by atoms with Crippen molar-refractivity contribution in [3.05, 3.63) is 53.1 Å². The van der Waals surface area contributed by atoms with E-state index < -0.39 is 11.7 Å². The van der Waals surface area contributed by atoms with Crippen molar-refractivity contribution in [2.24, 2.45) is 0 Å². The Hall–Kier alpha value is -3.69. The molecule has 3 aromatic rings. The molecule has 1 amide bonds. The van der Waals surface area contributed by atoms with E-state index in [1.807, 2.05) is 20.0 Å². The Balaban J connectivity index is 1.54. The lowest BCUT2D eigenvalue weighted by Crippen LogP contribution is -2.37. The van der Waals surface area contributed by atoms with Crippen molar-refractivity contribution in [1.82, 2.24) is 19.9 Å². The van der Waals surface area contributed by atoms with Crippen LogP contribution in [0.15, 0.2) is 30.6 Å². The molecular formula is C25H30FN5O4. The number of halogens is 1. The predicted octanol–water partition coefficient (Wildman–Crippen LogP) is 4.10. The average molecular weight is 484 g/mol. The maximum absolute atomic E-state index is 14.3. The molecule has 4 rings (SSSR count). The maximum Gasteiger partial charge on any atom is 0.407 e. The van der Waals surface area contributed by atoms with Crippen molar-refractivity contribution in [3.63, 3.8) is 0 Å². The van der Waals surface area contributed by atoms with Gasteiger partial charge in [0.15, 0.2) is 11.9 Å². The number of anilines is 1. The number of ether oxygens (including phenoxy) is 2. The summed E-state index contributed by atoms with van der Waals surface area (Å²) in [6.45, 7) is 10.1. The Morgan fingerprint density at radius 1 is 1.31 bits per heavy atom. The summed E-state index contributed by atoms with van der Waals surface area (Å²) in [5.41, 5.74) is 1.96. The van der Waals surface area contributed by atoms with Crippen LogP contribution in [0.5, 0.6) is 5.75 Å². The lowest BCUT2D eigenvalue weighted by Gasteiger charge is -2.29. The number of hydrogen-bond donors (Lipinski definition) is 1. The number of alkyl carbamates (subject to hydrolysis) is 1. The normalized spacial score (nSPS) is 15.0. The summed E-state index contributed by atoms with van der Waals surface area (Å²) in [6, 6.07) is 4.15. The Bertz CT molecular complexity index is 1250. The molecule has 35 heavy (non-hydrogen) atoms. The molecule has 0 fully saturated rings. The number of hydrogen-bond acceptors (Lipinski definition) is 7. The van der Waals surface area contributed by atoms with E-state index >= 15 is 0 Å². The highest BCUT2D eigenvalue weighted by molar-refractivity contribution is 5.84. The van der Waals surface area contributed by atoms with E-state index in [0.717, 1.165) is 24.1 Å². The van der Waals surface area contributed by atoms with Gasteiger partial charge in [-0.3, -0.25) is 4.79 Å². The molecule has 0 saturated heterocycles. The van der Waals surface area contributed by atoms with Crippen LogP contribution in [0.2, 0.25) is 0 Å².